The first-order valence-electron chi connectivity index (χ1n) is 6.63. The molecule has 1 N–H and O–H groups in total. The zero-order chi connectivity index (χ0) is 12.9. The zero-order valence-electron chi connectivity index (χ0n) is 10.7. The highest BCUT2D eigenvalue weighted by atomic mass is 32.2. The van der Waals surface area contributed by atoms with Gasteiger partial charge in [0, 0.05) is 11.4 Å². The van der Waals surface area contributed by atoms with Gasteiger partial charge in [0.25, 0.3) is 0 Å². The first-order valence-corrected chi connectivity index (χ1v) is 7.61. The first kappa shape index (κ1) is 12.7. The molecule has 0 aliphatic carbocycles. The summed E-state index contributed by atoms with van der Waals surface area (Å²) in [5.74, 6) is 2.72. The van der Waals surface area contributed by atoms with E-state index in [4.69, 9.17) is 4.52 Å². The second-order valence-corrected chi connectivity index (χ2v) is 5.74. The van der Waals surface area contributed by atoms with Gasteiger partial charge in [0.2, 0.25) is 5.89 Å². The third-order valence-corrected chi connectivity index (χ3v) is 4.25. The van der Waals surface area contributed by atoms with Crippen LogP contribution in [0.1, 0.15) is 30.5 Å². The van der Waals surface area contributed by atoms with E-state index in [1.807, 2.05) is 18.2 Å². The molecule has 1 aliphatic rings. The largest absolute Gasteiger partial charge is 0.339 e. The van der Waals surface area contributed by atoms with Crippen LogP contribution in [0.2, 0.25) is 0 Å². The fourth-order valence-electron chi connectivity index (χ4n) is 2.22. The Balaban J connectivity index is 1.58. The number of rotatable bonds is 4. The van der Waals surface area contributed by atoms with E-state index in [1.165, 1.54) is 11.3 Å². The van der Waals surface area contributed by atoms with Gasteiger partial charge in [-0.15, -0.1) is 11.8 Å². The smallest absolute Gasteiger partial charge is 0.231 e. The SMILES string of the molecule is c1ccc(SCc2noc(C3CCCNC3)n2)cc1. The van der Waals surface area contributed by atoms with Crippen LogP contribution >= 0.6 is 11.8 Å². The number of nitrogens with one attached hydrogen (secondary N) is 1. The van der Waals surface area contributed by atoms with Crippen molar-refractivity contribution in [1.82, 2.24) is 15.5 Å². The Bertz CT molecular complexity index is 508. The van der Waals surface area contributed by atoms with Gasteiger partial charge < -0.3 is 9.84 Å². The molecule has 5 heteroatoms. The van der Waals surface area contributed by atoms with E-state index in [0.29, 0.717) is 5.92 Å². The van der Waals surface area contributed by atoms with Crippen molar-refractivity contribution in [2.24, 2.45) is 0 Å². The van der Waals surface area contributed by atoms with Gasteiger partial charge in [-0.05, 0) is 31.5 Å². The summed E-state index contributed by atoms with van der Waals surface area (Å²) in [5.41, 5.74) is 0. The third-order valence-electron chi connectivity index (χ3n) is 3.24. The van der Waals surface area contributed by atoms with Crippen molar-refractivity contribution in [3.05, 3.63) is 42.0 Å². The van der Waals surface area contributed by atoms with Crippen molar-refractivity contribution in [2.45, 2.75) is 29.4 Å². The fraction of sp³-hybridized carbons (Fsp3) is 0.429. The summed E-state index contributed by atoms with van der Waals surface area (Å²) in [6.07, 6.45) is 2.32. The van der Waals surface area contributed by atoms with Crippen LogP contribution in [0.3, 0.4) is 0 Å². The summed E-state index contributed by atoms with van der Waals surface area (Å²) in [6, 6.07) is 10.3. The molecule has 2 aromatic rings. The molecule has 1 saturated heterocycles. The Hall–Kier alpha value is -1.33. The predicted molar refractivity (Wildman–Crippen MR) is 75.1 cm³/mol. The van der Waals surface area contributed by atoms with Gasteiger partial charge in [0.15, 0.2) is 5.82 Å². The van der Waals surface area contributed by atoms with Gasteiger partial charge in [0.1, 0.15) is 0 Å². The summed E-state index contributed by atoms with van der Waals surface area (Å²) in [5, 5.41) is 7.44. The van der Waals surface area contributed by atoms with E-state index in [0.717, 1.165) is 37.0 Å². The lowest BCUT2D eigenvalue weighted by atomic mass is 10.00. The predicted octanol–water partition coefficient (Wildman–Crippen LogP) is 2.83. The Morgan fingerprint density at radius 2 is 2.21 bits per heavy atom. The number of piperidine rings is 1. The lowest BCUT2D eigenvalue weighted by molar-refractivity contribution is 0.320. The van der Waals surface area contributed by atoms with Crippen molar-refractivity contribution in [3.63, 3.8) is 0 Å². The average molecular weight is 275 g/mol. The summed E-state index contributed by atoms with van der Waals surface area (Å²) < 4.78 is 5.38. The molecular weight excluding hydrogens is 258 g/mol. The standard InChI is InChI=1S/C14H17N3OS/c1-2-6-12(7-3-1)19-10-13-16-14(18-17-13)11-5-4-8-15-9-11/h1-3,6-7,11,15H,4-5,8-10H2. The molecule has 3 rings (SSSR count). The first-order chi connectivity index (χ1) is 9.42. The molecule has 0 saturated carbocycles. The summed E-state index contributed by atoms with van der Waals surface area (Å²) in [4.78, 5) is 5.74. The second-order valence-electron chi connectivity index (χ2n) is 4.69. The van der Waals surface area contributed by atoms with E-state index >= 15 is 0 Å². The van der Waals surface area contributed by atoms with Crippen LogP contribution < -0.4 is 5.32 Å². The van der Waals surface area contributed by atoms with Crippen LogP contribution in [0.5, 0.6) is 0 Å². The van der Waals surface area contributed by atoms with Gasteiger partial charge in [-0.3, -0.25) is 0 Å². The average Bonchev–Trinajstić information content (AvgIpc) is 2.96. The van der Waals surface area contributed by atoms with Gasteiger partial charge in [0.05, 0.1) is 11.7 Å². The van der Waals surface area contributed by atoms with Gasteiger partial charge >= 0.3 is 0 Å². The van der Waals surface area contributed by atoms with Crippen molar-refractivity contribution in [1.29, 1.82) is 0 Å². The summed E-state index contributed by atoms with van der Waals surface area (Å²) in [6.45, 7) is 2.05. The minimum atomic E-state index is 0.386. The molecule has 1 aliphatic heterocycles. The molecule has 1 fully saturated rings. The van der Waals surface area contributed by atoms with Gasteiger partial charge in [-0.2, -0.15) is 4.98 Å². The maximum atomic E-state index is 5.38. The van der Waals surface area contributed by atoms with E-state index in [-0.39, 0.29) is 0 Å². The normalized spacial score (nSPS) is 19.5. The van der Waals surface area contributed by atoms with Crippen molar-refractivity contribution in [3.8, 4) is 0 Å². The Morgan fingerprint density at radius 3 is 3.00 bits per heavy atom. The molecule has 4 nitrogen and oxygen atoms in total. The molecule has 1 aromatic heterocycles. The molecule has 100 valence electrons. The molecule has 0 spiro atoms. The number of hydrogen-bond acceptors (Lipinski definition) is 5. The minimum Gasteiger partial charge on any atom is -0.339 e. The maximum Gasteiger partial charge on any atom is 0.231 e. The Labute approximate surface area is 117 Å². The molecule has 2 heterocycles. The second kappa shape index (κ2) is 6.21. The van der Waals surface area contributed by atoms with E-state index in [9.17, 15) is 0 Å². The van der Waals surface area contributed by atoms with Crippen LogP contribution in [0.25, 0.3) is 0 Å². The Kier molecular flexibility index (Phi) is 4.15. The number of benzene rings is 1. The number of thioether (sulfide) groups is 1. The lowest BCUT2D eigenvalue weighted by Gasteiger charge is -2.18. The van der Waals surface area contributed by atoms with Crippen LogP contribution in [-0.2, 0) is 5.75 Å². The molecule has 0 amide bonds. The molecule has 0 radical (unpaired) electrons. The van der Waals surface area contributed by atoms with Crippen LogP contribution in [0.4, 0.5) is 0 Å². The van der Waals surface area contributed by atoms with Crippen molar-refractivity contribution >= 4 is 11.8 Å². The van der Waals surface area contributed by atoms with E-state index in [2.05, 4.69) is 27.6 Å². The highest BCUT2D eigenvalue weighted by molar-refractivity contribution is 7.98. The van der Waals surface area contributed by atoms with E-state index < -0.39 is 0 Å². The lowest BCUT2D eigenvalue weighted by Crippen LogP contribution is -2.28. The molecule has 1 aromatic carbocycles. The number of nitrogens with zero attached hydrogens (tertiary/aromatic N) is 2. The fourth-order valence-corrected chi connectivity index (χ4v) is 2.98. The molecule has 0 bridgehead atoms. The third kappa shape index (κ3) is 3.36. The van der Waals surface area contributed by atoms with E-state index in [1.54, 1.807) is 11.8 Å². The van der Waals surface area contributed by atoms with Crippen molar-refractivity contribution < 1.29 is 4.52 Å². The molecule has 1 unspecified atom stereocenters. The number of hydrogen-bond donors (Lipinski definition) is 1. The molecule has 19 heavy (non-hydrogen) atoms. The zero-order valence-corrected chi connectivity index (χ0v) is 11.5. The molecule has 1 atom stereocenters. The quantitative estimate of drug-likeness (QED) is 0.870. The van der Waals surface area contributed by atoms with Crippen LogP contribution in [-0.4, -0.2) is 23.2 Å². The highest BCUT2D eigenvalue weighted by Crippen LogP contribution is 2.24. The Morgan fingerprint density at radius 1 is 1.32 bits per heavy atom. The number of aromatic nitrogens is 2. The summed E-state index contributed by atoms with van der Waals surface area (Å²) in [7, 11) is 0. The monoisotopic (exact) mass is 275 g/mol. The van der Waals surface area contributed by atoms with Crippen LogP contribution in [0.15, 0.2) is 39.8 Å². The van der Waals surface area contributed by atoms with Gasteiger partial charge in [-0.1, -0.05) is 23.4 Å². The maximum absolute atomic E-state index is 5.38. The molecular formula is C14H17N3OS. The topological polar surface area (TPSA) is 51.0 Å². The highest BCUT2D eigenvalue weighted by Gasteiger charge is 2.21. The van der Waals surface area contributed by atoms with Crippen molar-refractivity contribution in [2.75, 3.05) is 13.1 Å². The van der Waals surface area contributed by atoms with Crippen LogP contribution in [0, 0.1) is 0 Å². The minimum absolute atomic E-state index is 0.386. The van der Waals surface area contributed by atoms with Gasteiger partial charge in [-0.25, -0.2) is 0 Å². The summed E-state index contributed by atoms with van der Waals surface area (Å²) >= 11 is 1.73.